The molecule has 1 aromatic rings. The molecule has 2 rings (SSSR count). The number of hydrogen-bond acceptors (Lipinski definition) is 6. The Hall–Kier alpha value is -1.71. The van der Waals surface area contributed by atoms with Crippen LogP contribution in [-0.4, -0.2) is 52.7 Å². The number of nitrogens with zero attached hydrogens (tertiary/aromatic N) is 3. The Morgan fingerprint density at radius 1 is 1.31 bits per heavy atom. The van der Waals surface area contributed by atoms with Crippen molar-refractivity contribution in [3.8, 4) is 0 Å². The van der Waals surface area contributed by atoms with Crippen molar-refractivity contribution in [1.29, 1.82) is 0 Å². The van der Waals surface area contributed by atoms with Gasteiger partial charge in [-0.05, 0) is 47.0 Å². The molecule has 2 atom stereocenters. The average Bonchev–Trinajstić information content (AvgIpc) is 3.01. The number of halogens is 3. The molecule has 1 aliphatic rings. The smallest absolute Gasteiger partial charge is 0.407 e. The van der Waals surface area contributed by atoms with Gasteiger partial charge in [-0.1, -0.05) is 0 Å². The van der Waals surface area contributed by atoms with Gasteiger partial charge in [0.1, 0.15) is 22.8 Å². The highest BCUT2D eigenvalue weighted by Gasteiger charge is 2.31. The van der Waals surface area contributed by atoms with E-state index in [1.165, 1.54) is 6.33 Å². The Bertz CT molecular complexity index is 710. The summed E-state index contributed by atoms with van der Waals surface area (Å²) in [5.74, 6) is 0.632. The molecule has 1 aromatic heterocycles. The number of rotatable bonds is 6. The summed E-state index contributed by atoms with van der Waals surface area (Å²) < 4.78 is 42.5. The second kappa shape index (κ2) is 9.40. The molecule has 2 unspecified atom stereocenters. The number of ether oxygens (including phenoxy) is 1. The number of anilines is 1. The molecule has 164 valence electrons. The second-order valence-electron chi connectivity index (χ2n) is 8.26. The molecule has 1 amide bonds. The van der Waals surface area contributed by atoms with Crippen molar-refractivity contribution in [3.05, 3.63) is 11.9 Å². The number of nitrogens with one attached hydrogen (secondary N) is 1. The molecule has 1 fully saturated rings. The molecule has 0 radical (unpaired) electrons. The maximum Gasteiger partial charge on any atom is 0.407 e. The quantitative estimate of drug-likeness (QED) is 0.517. The van der Waals surface area contributed by atoms with E-state index in [2.05, 4.69) is 15.3 Å². The molecule has 1 heterocycles. The van der Waals surface area contributed by atoms with Crippen LogP contribution in [0.4, 0.5) is 23.8 Å². The fraction of sp³-hybridized carbons (Fsp3) is 0.737. The minimum atomic E-state index is -4.17. The van der Waals surface area contributed by atoms with E-state index in [0.29, 0.717) is 10.8 Å². The fourth-order valence-corrected chi connectivity index (χ4v) is 4.23. The zero-order chi connectivity index (χ0) is 21.8. The Balaban J connectivity index is 1.96. The molecule has 29 heavy (non-hydrogen) atoms. The summed E-state index contributed by atoms with van der Waals surface area (Å²) in [7, 11) is 1.92. The van der Waals surface area contributed by atoms with E-state index in [-0.39, 0.29) is 17.8 Å². The molecule has 6 nitrogen and oxygen atoms in total. The third kappa shape index (κ3) is 7.56. The first-order valence-corrected chi connectivity index (χ1v) is 10.6. The molecule has 0 bridgehead atoms. The number of carbonyl (C=O) groups excluding carboxylic acids is 1. The van der Waals surface area contributed by atoms with Crippen molar-refractivity contribution in [2.75, 3.05) is 17.7 Å². The van der Waals surface area contributed by atoms with Crippen LogP contribution >= 0.6 is 11.8 Å². The Morgan fingerprint density at radius 2 is 2.00 bits per heavy atom. The van der Waals surface area contributed by atoms with Gasteiger partial charge in [0.2, 0.25) is 0 Å². The van der Waals surface area contributed by atoms with Crippen LogP contribution in [0, 0.1) is 6.92 Å². The van der Waals surface area contributed by atoms with Gasteiger partial charge >= 0.3 is 12.3 Å². The number of aromatic nitrogens is 2. The van der Waals surface area contributed by atoms with Crippen LogP contribution in [0.3, 0.4) is 0 Å². The van der Waals surface area contributed by atoms with Crippen LogP contribution < -0.4 is 10.2 Å². The van der Waals surface area contributed by atoms with E-state index in [1.807, 2.05) is 39.6 Å². The van der Waals surface area contributed by atoms with Gasteiger partial charge in [-0.25, -0.2) is 14.8 Å². The molecule has 0 spiro atoms. The zero-order valence-corrected chi connectivity index (χ0v) is 18.3. The van der Waals surface area contributed by atoms with E-state index < -0.39 is 24.3 Å². The average molecular weight is 435 g/mol. The Labute approximate surface area is 174 Å². The largest absolute Gasteiger partial charge is 0.444 e. The Morgan fingerprint density at radius 3 is 2.62 bits per heavy atom. The lowest BCUT2D eigenvalue weighted by Gasteiger charge is -2.28. The summed E-state index contributed by atoms with van der Waals surface area (Å²) in [6.45, 7) is 7.28. The maximum atomic E-state index is 12.4. The van der Waals surface area contributed by atoms with E-state index in [1.54, 1.807) is 0 Å². The van der Waals surface area contributed by atoms with E-state index in [4.69, 9.17) is 4.74 Å². The molecular formula is C19H29F3N4O2S. The van der Waals surface area contributed by atoms with Crippen LogP contribution in [0.15, 0.2) is 11.4 Å². The van der Waals surface area contributed by atoms with Crippen LogP contribution in [0.25, 0.3) is 0 Å². The summed E-state index contributed by atoms with van der Waals surface area (Å²) >= 11 is 1.09. The van der Waals surface area contributed by atoms with Crippen LogP contribution in [0.5, 0.6) is 0 Å². The normalized spacial score (nSPS) is 19.9. The lowest BCUT2D eigenvalue weighted by Crippen LogP contribution is -2.39. The van der Waals surface area contributed by atoms with Crippen molar-refractivity contribution in [2.45, 2.75) is 82.3 Å². The van der Waals surface area contributed by atoms with Gasteiger partial charge in [-0.3, -0.25) is 0 Å². The molecule has 0 saturated heterocycles. The van der Waals surface area contributed by atoms with Crippen LogP contribution in [0.1, 0.15) is 52.0 Å². The number of thioether (sulfide) groups is 1. The van der Waals surface area contributed by atoms with Crippen LogP contribution in [-0.2, 0) is 4.74 Å². The van der Waals surface area contributed by atoms with Gasteiger partial charge < -0.3 is 15.0 Å². The van der Waals surface area contributed by atoms with Crippen molar-refractivity contribution < 1.29 is 22.7 Å². The van der Waals surface area contributed by atoms with E-state index in [9.17, 15) is 18.0 Å². The zero-order valence-electron chi connectivity index (χ0n) is 17.5. The third-order valence-electron chi connectivity index (χ3n) is 4.64. The van der Waals surface area contributed by atoms with E-state index >= 15 is 0 Å². The molecule has 1 N–H and O–H groups in total. The van der Waals surface area contributed by atoms with Gasteiger partial charge in [0.05, 0.1) is 6.42 Å². The van der Waals surface area contributed by atoms with Crippen molar-refractivity contribution in [1.82, 2.24) is 15.3 Å². The first-order chi connectivity index (χ1) is 13.4. The number of carbonyl (C=O) groups is 1. The molecule has 0 aromatic carbocycles. The minimum Gasteiger partial charge on any atom is -0.444 e. The van der Waals surface area contributed by atoms with Gasteiger partial charge in [0.25, 0.3) is 0 Å². The SMILES string of the molecule is Cc1c(SCCC(F)(F)F)ncnc1N(C)C1CCC(NC(=O)OC(C)(C)C)C1. The van der Waals surface area contributed by atoms with Gasteiger partial charge in [0.15, 0.2) is 0 Å². The lowest BCUT2D eigenvalue weighted by molar-refractivity contribution is -0.129. The summed E-state index contributed by atoms with van der Waals surface area (Å²) in [5.41, 5.74) is 0.225. The molecule has 1 aliphatic carbocycles. The first-order valence-electron chi connectivity index (χ1n) is 9.59. The molecule has 1 saturated carbocycles. The monoisotopic (exact) mass is 434 g/mol. The third-order valence-corrected chi connectivity index (χ3v) is 5.74. The maximum absolute atomic E-state index is 12.4. The van der Waals surface area contributed by atoms with Gasteiger partial charge in [-0.2, -0.15) is 13.2 Å². The standard InChI is InChI=1S/C19H29F3N4O2S/c1-12-15(23-11-24-16(12)29-9-8-19(20,21)22)26(5)14-7-6-13(10-14)25-17(27)28-18(2,3)4/h11,13-14H,6-10H2,1-5H3,(H,25,27). The van der Waals surface area contributed by atoms with Gasteiger partial charge in [0, 0.05) is 30.4 Å². The molecule has 10 heteroatoms. The van der Waals surface area contributed by atoms with E-state index in [0.717, 1.165) is 36.6 Å². The predicted octanol–water partition coefficient (Wildman–Crippen LogP) is 4.71. The topological polar surface area (TPSA) is 67.4 Å². The highest BCUT2D eigenvalue weighted by Crippen LogP contribution is 2.32. The minimum absolute atomic E-state index is 0.0140. The summed E-state index contributed by atoms with van der Waals surface area (Å²) in [5, 5.41) is 3.47. The fourth-order valence-electron chi connectivity index (χ4n) is 3.28. The second-order valence-corrected chi connectivity index (χ2v) is 9.35. The van der Waals surface area contributed by atoms with Crippen LogP contribution in [0.2, 0.25) is 0 Å². The first kappa shape index (κ1) is 23.6. The number of hydrogen-bond donors (Lipinski definition) is 1. The molecular weight excluding hydrogens is 405 g/mol. The highest BCUT2D eigenvalue weighted by atomic mass is 32.2. The van der Waals surface area contributed by atoms with Crippen molar-refractivity contribution in [3.63, 3.8) is 0 Å². The van der Waals surface area contributed by atoms with Crippen molar-refractivity contribution >= 4 is 23.7 Å². The van der Waals surface area contributed by atoms with Crippen molar-refractivity contribution in [2.24, 2.45) is 0 Å². The predicted molar refractivity (Wildman–Crippen MR) is 107 cm³/mol. The summed E-state index contributed by atoms with van der Waals surface area (Å²) in [4.78, 5) is 22.5. The number of amides is 1. The number of alkyl halides is 3. The molecule has 0 aliphatic heterocycles. The summed E-state index contributed by atoms with van der Waals surface area (Å²) in [6.07, 6.45) is -1.62. The lowest BCUT2D eigenvalue weighted by atomic mass is 10.2. The highest BCUT2D eigenvalue weighted by molar-refractivity contribution is 7.99. The Kier molecular flexibility index (Phi) is 7.64. The summed E-state index contributed by atoms with van der Waals surface area (Å²) in [6, 6.07) is 0.177. The number of alkyl carbamates (subject to hydrolysis) is 1. The van der Waals surface area contributed by atoms with Gasteiger partial charge in [-0.15, -0.1) is 11.8 Å².